The second-order valence-corrected chi connectivity index (χ2v) is 13.4. The first-order valence-electron chi connectivity index (χ1n) is 12.6. The van der Waals surface area contributed by atoms with Gasteiger partial charge in [0, 0.05) is 18.2 Å². The lowest BCUT2D eigenvalue weighted by molar-refractivity contribution is -0.0263. The summed E-state index contributed by atoms with van der Waals surface area (Å²) in [6.07, 6.45) is 2.97. The molecule has 13 heteroatoms. The van der Waals surface area contributed by atoms with Crippen molar-refractivity contribution in [1.82, 2.24) is 23.8 Å². The summed E-state index contributed by atoms with van der Waals surface area (Å²) in [5, 5.41) is 25.0. The monoisotopic (exact) mass is 566 g/mol. The number of sulfonamides is 1. The van der Waals surface area contributed by atoms with Gasteiger partial charge in [0.05, 0.1) is 46.9 Å². The highest BCUT2D eigenvalue weighted by atomic mass is 35.5. The van der Waals surface area contributed by atoms with Crippen molar-refractivity contribution in [2.24, 2.45) is 5.92 Å². The maximum absolute atomic E-state index is 15.3. The molecule has 1 saturated carbocycles. The summed E-state index contributed by atoms with van der Waals surface area (Å²) in [4.78, 5) is 13.2. The van der Waals surface area contributed by atoms with E-state index in [0.29, 0.717) is 35.6 Å². The van der Waals surface area contributed by atoms with Crippen LogP contribution in [-0.2, 0) is 15.6 Å². The fourth-order valence-electron chi connectivity index (χ4n) is 5.76. The lowest BCUT2D eigenvalue weighted by atomic mass is 9.75. The molecule has 10 nitrogen and oxygen atoms in total. The molecule has 3 unspecified atom stereocenters. The molecule has 0 amide bonds. The Balaban J connectivity index is 1.52. The number of benzene rings is 1. The topological polar surface area (TPSA) is 133 Å². The van der Waals surface area contributed by atoms with Crippen LogP contribution in [0.3, 0.4) is 0 Å². The highest BCUT2D eigenvalue weighted by molar-refractivity contribution is 7.88. The second-order valence-electron chi connectivity index (χ2n) is 11.1. The average molecular weight is 567 g/mol. The average Bonchev–Trinajstić information content (AvgIpc) is 3.23. The zero-order valence-electron chi connectivity index (χ0n) is 21.9. The molecule has 2 saturated heterocycles. The minimum atomic E-state index is -3.44. The van der Waals surface area contributed by atoms with E-state index in [0.717, 1.165) is 12.7 Å². The molecular formula is C25H32ClFN6O4S. The van der Waals surface area contributed by atoms with Gasteiger partial charge in [-0.05, 0) is 58.6 Å². The fraction of sp³-hybridized carbons (Fsp3) is 0.560. The lowest BCUT2D eigenvalue weighted by Crippen LogP contribution is -2.65. The minimum absolute atomic E-state index is 0.108. The summed E-state index contributed by atoms with van der Waals surface area (Å²) < 4.78 is 42.8. The van der Waals surface area contributed by atoms with Crippen LogP contribution < -0.4 is 5.32 Å². The molecule has 1 aromatic carbocycles. The van der Waals surface area contributed by atoms with E-state index in [2.05, 4.69) is 20.3 Å². The van der Waals surface area contributed by atoms with Crippen molar-refractivity contribution in [2.45, 2.75) is 70.4 Å². The van der Waals surface area contributed by atoms with E-state index < -0.39 is 39.6 Å². The van der Waals surface area contributed by atoms with Gasteiger partial charge < -0.3 is 20.1 Å². The van der Waals surface area contributed by atoms with E-state index in [9.17, 15) is 18.6 Å². The lowest BCUT2D eigenvalue weighted by Gasteiger charge is -2.51. The van der Waals surface area contributed by atoms with Crippen molar-refractivity contribution >= 4 is 38.6 Å². The smallest absolute Gasteiger partial charge is 0.223 e. The van der Waals surface area contributed by atoms with Gasteiger partial charge in [-0.25, -0.2) is 27.8 Å². The number of halogens is 2. The van der Waals surface area contributed by atoms with Gasteiger partial charge >= 0.3 is 0 Å². The number of imidazole rings is 1. The summed E-state index contributed by atoms with van der Waals surface area (Å²) in [5.74, 6) is -0.157. The first-order chi connectivity index (χ1) is 17.7. The van der Waals surface area contributed by atoms with Crippen LogP contribution in [0.1, 0.15) is 52.4 Å². The number of rotatable bonds is 6. The summed E-state index contributed by atoms with van der Waals surface area (Å²) in [7, 11) is -3.44. The SMILES string of the molecule is CC(C)n1c(C(C)(C)O)nc2c(F)cc(-c3nc(NC4C5CCC([C@H]4O)N(S(C)(=O)=O)C5)ncc3Cl)cc21. The molecule has 6 rings (SSSR count). The molecule has 2 bridgehead atoms. The number of anilines is 1. The maximum Gasteiger partial charge on any atom is 0.223 e. The molecule has 4 atom stereocenters. The third-order valence-electron chi connectivity index (χ3n) is 7.44. The van der Waals surface area contributed by atoms with Gasteiger partial charge in [0.25, 0.3) is 0 Å². The highest BCUT2D eigenvalue weighted by Crippen LogP contribution is 2.39. The van der Waals surface area contributed by atoms with Crippen LogP contribution in [0.4, 0.5) is 10.3 Å². The van der Waals surface area contributed by atoms with E-state index in [1.54, 1.807) is 24.5 Å². The molecule has 1 aliphatic carbocycles. The van der Waals surface area contributed by atoms with Crippen molar-refractivity contribution in [3.05, 3.63) is 35.0 Å². The number of hydrogen-bond donors (Lipinski definition) is 3. The molecule has 3 aromatic rings. The predicted octanol–water partition coefficient (Wildman–Crippen LogP) is 3.29. The Morgan fingerprint density at radius 1 is 1.24 bits per heavy atom. The summed E-state index contributed by atoms with van der Waals surface area (Å²) in [6, 6.07) is 1.96. The van der Waals surface area contributed by atoms with Crippen LogP contribution in [0.15, 0.2) is 18.3 Å². The van der Waals surface area contributed by atoms with Crippen LogP contribution >= 0.6 is 11.6 Å². The Hall–Kier alpha value is -2.38. The van der Waals surface area contributed by atoms with Gasteiger partial charge in [0.15, 0.2) is 5.82 Å². The number of nitrogens with zero attached hydrogens (tertiary/aromatic N) is 5. The van der Waals surface area contributed by atoms with Crippen molar-refractivity contribution in [1.29, 1.82) is 0 Å². The van der Waals surface area contributed by atoms with Crippen LogP contribution in [-0.4, -0.2) is 73.4 Å². The van der Waals surface area contributed by atoms with E-state index in [1.807, 2.05) is 13.8 Å². The van der Waals surface area contributed by atoms with Gasteiger partial charge in [-0.1, -0.05) is 11.6 Å². The molecular weight excluding hydrogens is 535 g/mol. The first kappa shape index (κ1) is 27.2. The molecule has 3 fully saturated rings. The van der Waals surface area contributed by atoms with Crippen molar-refractivity contribution in [2.75, 3.05) is 18.1 Å². The fourth-order valence-corrected chi connectivity index (χ4v) is 7.14. The Morgan fingerprint density at radius 3 is 2.55 bits per heavy atom. The Morgan fingerprint density at radius 2 is 1.95 bits per heavy atom. The van der Waals surface area contributed by atoms with Gasteiger partial charge in [0.1, 0.15) is 16.9 Å². The molecule has 206 valence electrons. The van der Waals surface area contributed by atoms with Gasteiger partial charge in [-0.2, -0.15) is 4.31 Å². The van der Waals surface area contributed by atoms with E-state index >= 15 is 4.39 Å². The van der Waals surface area contributed by atoms with E-state index in [-0.39, 0.29) is 28.4 Å². The molecule has 2 aliphatic heterocycles. The number of fused-ring (bicyclic) bond motifs is 4. The number of hydrogen-bond acceptors (Lipinski definition) is 8. The first-order valence-corrected chi connectivity index (χ1v) is 14.8. The van der Waals surface area contributed by atoms with Crippen LogP contribution in [0, 0.1) is 11.7 Å². The summed E-state index contributed by atoms with van der Waals surface area (Å²) in [5.41, 5.74) is 0.0481. The molecule has 3 aliphatic rings. The van der Waals surface area contributed by atoms with Crippen molar-refractivity contribution < 1.29 is 23.0 Å². The van der Waals surface area contributed by atoms with Gasteiger partial charge in [-0.15, -0.1) is 0 Å². The molecule has 3 N–H and O–H groups in total. The third-order valence-corrected chi connectivity index (χ3v) is 8.99. The van der Waals surface area contributed by atoms with Crippen LogP contribution in [0.5, 0.6) is 0 Å². The summed E-state index contributed by atoms with van der Waals surface area (Å²) in [6.45, 7) is 7.37. The molecule has 0 radical (unpaired) electrons. The van der Waals surface area contributed by atoms with Crippen LogP contribution in [0.25, 0.3) is 22.3 Å². The normalized spacial score (nSPS) is 24.5. The maximum atomic E-state index is 15.3. The Labute approximate surface area is 225 Å². The van der Waals surface area contributed by atoms with Crippen molar-refractivity contribution in [3.8, 4) is 11.3 Å². The number of aliphatic hydroxyl groups is 2. The molecule has 2 aromatic heterocycles. The standard InChI is InChI=1S/C25H32ClFN6O4S/c1-12(2)33-18-9-14(8-16(27)21(18)29-23(33)25(3,4)35)19-15(26)10-28-24(30-19)31-20-13-6-7-17(22(20)34)32(11-13)38(5,36)37/h8-10,12-13,17,20,22,34-35H,6-7,11H2,1-5H3,(H,28,30,31)/t13?,17?,20?,22-/m1/s1. The van der Waals surface area contributed by atoms with E-state index in [4.69, 9.17) is 11.6 Å². The number of aromatic nitrogens is 4. The summed E-state index contributed by atoms with van der Waals surface area (Å²) >= 11 is 6.46. The van der Waals surface area contributed by atoms with Gasteiger partial charge in [0.2, 0.25) is 16.0 Å². The second kappa shape index (κ2) is 9.37. The molecule has 4 heterocycles. The molecule has 38 heavy (non-hydrogen) atoms. The largest absolute Gasteiger partial charge is 0.389 e. The predicted molar refractivity (Wildman–Crippen MR) is 143 cm³/mol. The Bertz CT molecular complexity index is 1500. The zero-order chi connectivity index (χ0) is 27.7. The van der Waals surface area contributed by atoms with Crippen LogP contribution in [0.2, 0.25) is 5.02 Å². The Kier molecular flexibility index (Phi) is 6.71. The number of nitrogens with one attached hydrogen (secondary N) is 1. The quantitative estimate of drug-likeness (QED) is 0.414. The minimum Gasteiger partial charge on any atom is -0.389 e. The van der Waals surface area contributed by atoms with E-state index in [1.165, 1.54) is 16.6 Å². The number of piperidine rings is 2. The zero-order valence-corrected chi connectivity index (χ0v) is 23.4. The number of aliphatic hydroxyl groups excluding tert-OH is 1. The molecule has 0 spiro atoms. The van der Waals surface area contributed by atoms with Crippen molar-refractivity contribution in [3.63, 3.8) is 0 Å². The third kappa shape index (κ3) is 4.66. The highest BCUT2D eigenvalue weighted by Gasteiger charge is 2.50. The van der Waals surface area contributed by atoms with Gasteiger partial charge in [-0.3, -0.25) is 0 Å².